The lowest BCUT2D eigenvalue weighted by atomic mass is 10.1. The number of aromatic hydroxyl groups is 1. The summed E-state index contributed by atoms with van der Waals surface area (Å²) in [5, 5.41) is 12.9. The summed E-state index contributed by atoms with van der Waals surface area (Å²) in [6.45, 7) is 2.79. The highest BCUT2D eigenvalue weighted by atomic mass is 16.5. The molecule has 0 radical (unpaired) electrons. The smallest absolute Gasteiger partial charge is 0.317 e. The van der Waals surface area contributed by atoms with Gasteiger partial charge in [0.25, 0.3) is 0 Å². The molecule has 1 atom stereocenters. The molecule has 0 saturated carbocycles. The zero-order valence-corrected chi connectivity index (χ0v) is 14.2. The van der Waals surface area contributed by atoms with Crippen molar-refractivity contribution < 1.29 is 14.6 Å². The first kappa shape index (κ1) is 17.3. The molecule has 2 heterocycles. The molecule has 7 heteroatoms. The average Bonchev–Trinajstić information content (AvgIpc) is 3.30. The highest BCUT2D eigenvalue weighted by Crippen LogP contribution is 2.20. The molecule has 2 amide bonds. The van der Waals surface area contributed by atoms with Crippen molar-refractivity contribution in [1.82, 2.24) is 19.8 Å². The molecule has 7 nitrogen and oxygen atoms in total. The van der Waals surface area contributed by atoms with Crippen LogP contribution in [0.25, 0.3) is 0 Å². The summed E-state index contributed by atoms with van der Waals surface area (Å²) in [5.41, 5.74) is 0.727. The third-order valence-electron chi connectivity index (χ3n) is 4.29. The van der Waals surface area contributed by atoms with Gasteiger partial charge in [-0.1, -0.05) is 18.2 Å². The quantitative estimate of drug-likeness (QED) is 0.805. The van der Waals surface area contributed by atoms with Crippen LogP contribution in [0.1, 0.15) is 18.4 Å². The molecule has 1 aliphatic heterocycles. The number of phenolic OH excluding ortho intramolecular Hbond substituents is 1. The number of urea groups is 1. The van der Waals surface area contributed by atoms with Crippen molar-refractivity contribution in [2.24, 2.45) is 0 Å². The highest BCUT2D eigenvalue weighted by molar-refractivity contribution is 5.74. The molecule has 25 heavy (non-hydrogen) atoms. The van der Waals surface area contributed by atoms with E-state index in [0.717, 1.165) is 25.0 Å². The van der Waals surface area contributed by atoms with E-state index in [9.17, 15) is 9.90 Å². The molecule has 1 aromatic heterocycles. The second-order valence-corrected chi connectivity index (χ2v) is 6.18. The van der Waals surface area contributed by atoms with Crippen molar-refractivity contribution >= 4 is 6.03 Å². The van der Waals surface area contributed by atoms with Gasteiger partial charge in [0, 0.05) is 44.2 Å². The number of amides is 2. The number of hydrogen-bond donors (Lipinski definition) is 2. The van der Waals surface area contributed by atoms with Crippen molar-refractivity contribution in [1.29, 1.82) is 0 Å². The van der Waals surface area contributed by atoms with E-state index in [1.807, 2.05) is 22.9 Å². The van der Waals surface area contributed by atoms with Crippen LogP contribution in [0.2, 0.25) is 0 Å². The molecule has 1 saturated heterocycles. The number of benzene rings is 1. The van der Waals surface area contributed by atoms with E-state index in [-0.39, 0.29) is 17.9 Å². The fourth-order valence-corrected chi connectivity index (χ4v) is 2.93. The monoisotopic (exact) mass is 344 g/mol. The average molecular weight is 344 g/mol. The summed E-state index contributed by atoms with van der Waals surface area (Å²) in [6, 6.07) is 6.94. The number of nitrogens with zero attached hydrogens (tertiary/aromatic N) is 3. The molecule has 1 fully saturated rings. The maximum Gasteiger partial charge on any atom is 0.317 e. The number of rotatable bonds is 7. The Labute approximate surface area is 147 Å². The van der Waals surface area contributed by atoms with Crippen LogP contribution in [0.3, 0.4) is 0 Å². The Hall–Kier alpha value is -2.54. The van der Waals surface area contributed by atoms with Crippen LogP contribution >= 0.6 is 0 Å². The van der Waals surface area contributed by atoms with Crippen molar-refractivity contribution in [3.63, 3.8) is 0 Å². The summed E-state index contributed by atoms with van der Waals surface area (Å²) < 4.78 is 7.58. The molecule has 0 unspecified atom stereocenters. The minimum absolute atomic E-state index is 0.0604. The number of ether oxygens (including phenoxy) is 1. The number of imidazole rings is 1. The molecule has 0 aliphatic carbocycles. The van der Waals surface area contributed by atoms with Crippen molar-refractivity contribution in [3.8, 4) is 5.75 Å². The second-order valence-electron chi connectivity index (χ2n) is 6.18. The predicted octanol–water partition coefficient (Wildman–Crippen LogP) is 1.98. The molecule has 0 bridgehead atoms. The maximum absolute atomic E-state index is 12.6. The first-order valence-corrected chi connectivity index (χ1v) is 8.59. The number of carbonyl (C=O) groups excluding carboxylic acids is 1. The van der Waals surface area contributed by atoms with Crippen molar-refractivity contribution in [3.05, 3.63) is 48.5 Å². The number of nitrogens with one attached hydrogen (secondary N) is 1. The minimum atomic E-state index is -0.154. The van der Waals surface area contributed by atoms with Gasteiger partial charge in [-0.3, -0.25) is 0 Å². The Kier molecular flexibility index (Phi) is 5.90. The first-order valence-electron chi connectivity index (χ1n) is 8.59. The molecule has 1 aromatic carbocycles. The van der Waals surface area contributed by atoms with Crippen molar-refractivity contribution in [2.45, 2.75) is 32.0 Å². The molecular weight excluding hydrogens is 320 g/mol. The van der Waals surface area contributed by atoms with Crippen LogP contribution in [0.15, 0.2) is 43.0 Å². The Bertz CT molecular complexity index is 669. The van der Waals surface area contributed by atoms with Gasteiger partial charge in [-0.05, 0) is 18.9 Å². The van der Waals surface area contributed by atoms with Gasteiger partial charge in [-0.2, -0.15) is 0 Å². The van der Waals surface area contributed by atoms with Crippen molar-refractivity contribution in [2.75, 3.05) is 19.7 Å². The number of para-hydroxylation sites is 1. The van der Waals surface area contributed by atoms with Gasteiger partial charge in [0.2, 0.25) is 0 Å². The number of phenols is 1. The molecule has 2 aromatic rings. The van der Waals surface area contributed by atoms with E-state index in [4.69, 9.17) is 4.74 Å². The second kappa shape index (κ2) is 8.53. The molecule has 0 spiro atoms. The van der Waals surface area contributed by atoms with Gasteiger partial charge in [0.05, 0.1) is 19.0 Å². The van der Waals surface area contributed by atoms with Crippen LogP contribution in [-0.2, 0) is 17.8 Å². The summed E-state index contributed by atoms with van der Waals surface area (Å²) >= 11 is 0. The van der Waals surface area contributed by atoms with E-state index in [1.54, 1.807) is 29.6 Å². The lowest BCUT2D eigenvalue weighted by Gasteiger charge is -2.26. The van der Waals surface area contributed by atoms with Crippen LogP contribution in [0.4, 0.5) is 4.79 Å². The lowest BCUT2D eigenvalue weighted by Crippen LogP contribution is -2.44. The van der Waals surface area contributed by atoms with Crippen LogP contribution in [0, 0.1) is 0 Å². The minimum Gasteiger partial charge on any atom is -0.508 e. The summed E-state index contributed by atoms with van der Waals surface area (Å²) in [6.07, 6.45) is 7.34. The predicted molar refractivity (Wildman–Crippen MR) is 93.1 cm³/mol. The molecule has 3 rings (SSSR count). The summed E-state index contributed by atoms with van der Waals surface area (Å²) in [5.74, 6) is 0.200. The molecule has 1 aliphatic rings. The van der Waals surface area contributed by atoms with Crippen LogP contribution < -0.4 is 5.32 Å². The maximum atomic E-state index is 12.6. The van der Waals surface area contributed by atoms with Gasteiger partial charge in [0.15, 0.2) is 0 Å². The third kappa shape index (κ3) is 4.96. The fraction of sp³-hybridized carbons (Fsp3) is 0.444. The van der Waals surface area contributed by atoms with E-state index < -0.39 is 0 Å². The standard InChI is InChI=1S/C18H24N4O3/c23-17-6-2-1-4-15(17)12-22(13-16-5-3-11-25-16)18(24)20-8-10-21-9-7-19-14-21/h1-2,4,6-7,9,14,16,23H,3,5,8,10-13H2,(H,20,24)/t16-/m0/s1. The molecule has 2 N–H and O–H groups in total. The Balaban J connectivity index is 1.60. The summed E-state index contributed by atoms with van der Waals surface area (Å²) in [4.78, 5) is 18.3. The van der Waals surface area contributed by atoms with E-state index in [2.05, 4.69) is 10.3 Å². The van der Waals surface area contributed by atoms with Gasteiger partial charge in [-0.25, -0.2) is 9.78 Å². The Morgan fingerprint density at radius 2 is 2.32 bits per heavy atom. The normalized spacial score (nSPS) is 16.7. The van der Waals surface area contributed by atoms with Gasteiger partial charge in [-0.15, -0.1) is 0 Å². The van der Waals surface area contributed by atoms with E-state index in [1.165, 1.54) is 0 Å². The van der Waals surface area contributed by atoms with E-state index >= 15 is 0 Å². The first-order chi connectivity index (χ1) is 12.2. The van der Waals surface area contributed by atoms with E-state index in [0.29, 0.717) is 26.2 Å². The third-order valence-corrected chi connectivity index (χ3v) is 4.29. The molecule has 134 valence electrons. The number of carbonyl (C=O) groups is 1. The Morgan fingerprint density at radius 3 is 3.04 bits per heavy atom. The van der Waals surface area contributed by atoms with Gasteiger partial charge >= 0.3 is 6.03 Å². The van der Waals surface area contributed by atoms with Crippen LogP contribution in [-0.4, -0.2) is 51.4 Å². The van der Waals surface area contributed by atoms with Gasteiger partial charge < -0.3 is 24.6 Å². The molecular formula is C18H24N4O3. The zero-order valence-electron chi connectivity index (χ0n) is 14.2. The summed E-state index contributed by atoms with van der Waals surface area (Å²) in [7, 11) is 0. The largest absolute Gasteiger partial charge is 0.508 e. The highest BCUT2D eigenvalue weighted by Gasteiger charge is 2.23. The van der Waals surface area contributed by atoms with Crippen LogP contribution in [0.5, 0.6) is 5.75 Å². The van der Waals surface area contributed by atoms with Gasteiger partial charge in [0.1, 0.15) is 5.75 Å². The fourth-order valence-electron chi connectivity index (χ4n) is 2.93. The SMILES string of the molecule is O=C(NCCn1ccnc1)N(Cc1ccccc1O)C[C@@H]1CCCO1. The Morgan fingerprint density at radius 1 is 1.44 bits per heavy atom. The lowest BCUT2D eigenvalue weighted by molar-refractivity contribution is 0.0792. The topological polar surface area (TPSA) is 79.6 Å². The number of hydrogen-bond acceptors (Lipinski definition) is 4. The zero-order chi connectivity index (χ0) is 17.5. The number of aromatic nitrogens is 2.